The van der Waals surface area contributed by atoms with Crippen LogP contribution in [0, 0.1) is 42.9 Å². The zero-order chi connectivity index (χ0) is 27.2. The molecule has 1 aliphatic rings. The largest absolute Gasteiger partial charge is 0.462 e. The third-order valence-corrected chi connectivity index (χ3v) is 5.87. The molecule has 1 aromatic heterocycles. The Morgan fingerprint density at radius 2 is 1.51 bits per heavy atom. The minimum Gasteiger partial charge on any atom is -0.462 e. The summed E-state index contributed by atoms with van der Waals surface area (Å²) in [7, 11) is 0. The summed E-state index contributed by atoms with van der Waals surface area (Å²) in [6.45, 7) is 6.92. The number of benzene rings is 2. The van der Waals surface area contributed by atoms with Crippen molar-refractivity contribution in [1.29, 1.82) is 0 Å². The predicted molar refractivity (Wildman–Crippen MR) is 126 cm³/mol. The lowest BCUT2D eigenvalue weighted by atomic mass is 10.1. The molecule has 0 saturated heterocycles. The molecule has 0 saturated carbocycles. The van der Waals surface area contributed by atoms with Gasteiger partial charge >= 0.3 is 5.97 Å². The van der Waals surface area contributed by atoms with E-state index in [2.05, 4.69) is 5.10 Å². The van der Waals surface area contributed by atoms with E-state index in [1.54, 1.807) is 44.2 Å². The lowest BCUT2D eigenvalue weighted by Crippen LogP contribution is -2.25. The van der Waals surface area contributed by atoms with Crippen molar-refractivity contribution in [3.63, 3.8) is 0 Å². The minimum atomic E-state index is -2.33. The number of hydrogen-bond acceptors (Lipinski definition) is 4. The van der Waals surface area contributed by atoms with Gasteiger partial charge < -0.3 is 9.30 Å². The SMILES string of the molecule is CCOC(=O)c1ccc(-n2c(C)cc(/C=C3/C(=O)N(c4c(F)c(F)c(F)c(F)c4F)N=C3C)c2C)cc1. The number of ether oxygens (including phenoxy) is 1. The van der Waals surface area contributed by atoms with Crippen molar-refractivity contribution >= 4 is 29.4 Å². The smallest absolute Gasteiger partial charge is 0.338 e. The van der Waals surface area contributed by atoms with Crippen molar-refractivity contribution in [3.05, 3.63) is 87.5 Å². The second-order valence-electron chi connectivity index (χ2n) is 8.21. The van der Waals surface area contributed by atoms with Gasteiger partial charge in [0.15, 0.2) is 23.3 Å². The molecule has 0 spiro atoms. The van der Waals surface area contributed by atoms with E-state index in [1.807, 2.05) is 11.5 Å². The van der Waals surface area contributed by atoms with Crippen LogP contribution in [-0.2, 0) is 9.53 Å². The second-order valence-corrected chi connectivity index (χ2v) is 8.21. The number of aromatic nitrogens is 1. The van der Waals surface area contributed by atoms with Crippen molar-refractivity contribution < 1.29 is 36.3 Å². The van der Waals surface area contributed by atoms with Crippen LogP contribution in [0.1, 0.15) is 41.2 Å². The fraction of sp³-hybridized carbons (Fsp3) is 0.192. The first-order chi connectivity index (χ1) is 17.5. The van der Waals surface area contributed by atoms with Gasteiger partial charge in [0.1, 0.15) is 5.69 Å². The molecule has 0 N–H and O–H groups in total. The van der Waals surface area contributed by atoms with Gasteiger partial charge in [0, 0.05) is 17.1 Å². The Hall–Kier alpha value is -4.28. The molecular weight excluding hydrogens is 497 g/mol. The third kappa shape index (κ3) is 4.30. The van der Waals surface area contributed by atoms with E-state index in [-0.39, 0.29) is 22.9 Å². The Morgan fingerprint density at radius 1 is 0.946 bits per heavy atom. The summed E-state index contributed by atoms with van der Waals surface area (Å²) in [6.07, 6.45) is 1.43. The number of anilines is 1. The summed E-state index contributed by atoms with van der Waals surface area (Å²) >= 11 is 0. The Labute approximate surface area is 208 Å². The molecule has 1 amide bonds. The van der Waals surface area contributed by atoms with Gasteiger partial charge in [-0.15, -0.1) is 0 Å². The highest BCUT2D eigenvalue weighted by molar-refractivity contribution is 6.32. The van der Waals surface area contributed by atoms with Crippen molar-refractivity contribution in [2.24, 2.45) is 5.10 Å². The molecule has 2 heterocycles. The molecule has 0 fully saturated rings. The van der Waals surface area contributed by atoms with Crippen LogP contribution in [0.15, 0.2) is 41.0 Å². The van der Waals surface area contributed by atoms with Gasteiger partial charge in [-0.2, -0.15) is 10.1 Å². The van der Waals surface area contributed by atoms with Gasteiger partial charge in [0.2, 0.25) is 5.82 Å². The highest BCUT2D eigenvalue weighted by Crippen LogP contribution is 2.34. The van der Waals surface area contributed by atoms with Crippen LogP contribution in [0.25, 0.3) is 11.8 Å². The second kappa shape index (κ2) is 9.64. The number of esters is 1. The molecule has 0 atom stereocenters. The zero-order valence-corrected chi connectivity index (χ0v) is 20.1. The van der Waals surface area contributed by atoms with Crippen LogP contribution in [0.3, 0.4) is 0 Å². The fourth-order valence-electron chi connectivity index (χ4n) is 4.06. The first-order valence-corrected chi connectivity index (χ1v) is 11.1. The molecule has 0 radical (unpaired) electrons. The molecule has 4 rings (SSSR count). The molecule has 1 aliphatic heterocycles. The minimum absolute atomic E-state index is 0.0255. The average molecular weight is 517 g/mol. The summed E-state index contributed by atoms with van der Waals surface area (Å²) in [5.41, 5.74) is 1.61. The summed E-state index contributed by atoms with van der Waals surface area (Å²) in [5, 5.41) is 3.93. The Bertz CT molecular complexity index is 1480. The number of halogens is 5. The first-order valence-electron chi connectivity index (χ1n) is 11.1. The number of amides is 1. The monoisotopic (exact) mass is 517 g/mol. The van der Waals surface area contributed by atoms with Crippen LogP contribution in [0.2, 0.25) is 0 Å². The van der Waals surface area contributed by atoms with E-state index < -0.39 is 46.6 Å². The molecule has 6 nitrogen and oxygen atoms in total. The molecule has 37 heavy (non-hydrogen) atoms. The fourth-order valence-corrected chi connectivity index (χ4v) is 4.06. The number of rotatable bonds is 5. The summed E-state index contributed by atoms with van der Waals surface area (Å²) < 4.78 is 76.3. The van der Waals surface area contributed by atoms with Crippen molar-refractivity contribution in [3.8, 4) is 5.69 Å². The number of hydrazone groups is 1. The van der Waals surface area contributed by atoms with E-state index in [0.29, 0.717) is 16.8 Å². The van der Waals surface area contributed by atoms with E-state index in [0.717, 1.165) is 11.4 Å². The summed E-state index contributed by atoms with van der Waals surface area (Å²) in [6, 6.07) is 8.43. The van der Waals surface area contributed by atoms with Crippen LogP contribution < -0.4 is 5.01 Å². The van der Waals surface area contributed by atoms with E-state index >= 15 is 0 Å². The van der Waals surface area contributed by atoms with Crippen LogP contribution in [0.5, 0.6) is 0 Å². The maximum atomic E-state index is 14.3. The van der Waals surface area contributed by atoms with Crippen LogP contribution in [-0.4, -0.2) is 28.8 Å². The number of carbonyl (C=O) groups excluding carboxylic acids is 2. The molecule has 3 aromatic rings. The average Bonchev–Trinajstić information content (AvgIpc) is 3.31. The van der Waals surface area contributed by atoms with Crippen molar-refractivity contribution in [2.45, 2.75) is 27.7 Å². The van der Waals surface area contributed by atoms with Gasteiger partial charge in [0.25, 0.3) is 5.91 Å². The lowest BCUT2D eigenvalue weighted by molar-refractivity contribution is -0.114. The topological polar surface area (TPSA) is 63.9 Å². The van der Waals surface area contributed by atoms with Crippen LogP contribution >= 0.6 is 0 Å². The summed E-state index contributed by atoms with van der Waals surface area (Å²) in [4.78, 5) is 24.9. The Kier molecular flexibility index (Phi) is 6.72. The molecule has 2 aromatic carbocycles. The number of nitrogens with zero attached hydrogens (tertiary/aromatic N) is 3. The lowest BCUT2D eigenvalue weighted by Gasteiger charge is -2.15. The number of hydrogen-bond donors (Lipinski definition) is 0. The van der Waals surface area contributed by atoms with Gasteiger partial charge in [0.05, 0.1) is 23.5 Å². The van der Waals surface area contributed by atoms with Crippen LogP contribution in [0.4, 0.5) is 27.6 Å². The molecular formula is C26H20F5N3O3. The van der Waals surface area contributed by atoms with E-state index in [4.69, 9.17) is 4.74 Å². The number of aryl methyl sites for hydroxylation is 1. The maximum absolute atomic E-state index is 14.3. The van der Waals surface area contributed by atoms with Gasteiger partial charge in [-0.1, -0.05) is 0 Å². The maximum Gasteiger partial charge on any atom is 0.338 e. The number of carbonyl (C=O) groups is 2. The highest BCUT2D eigenvalue weighted by atomic mass is 19.2. The van der Waals surface area contributed by atoms with E-state index in [9.17, 15) is 31.5 Å². The normalized spacial score (nSPS) is 14.5. The van der Waals surface area contributed by atoms with Gasteiger partial charge in [-0.25, -0.2) is 26.7 Å². The third-order valence-electron chi connectivity index (χ3n) is 5.87. The molecule has 0 aliphatic carbocycles. The van der Waals surface area contributed by atoms with Crippen molar-refractivity contribution in [1.82, 2.24) is 4.57 Å². The quantitative estimate of drug-likeness (QED) is 0.142. The molecule has 0 unspecified atom stereocenters. The zero-order valence-electron chi connectivity index (χ0n) is 20.1. The molecule has 11 heteroatoms. The standard InChI is InChI=1S/C26H20F5N3O3/c1-5-37-26(36)15-6-8-17(9-7-15)33-12(2)10-16(14(33)4)11-18-13(3)32-34(25(18)35)24-22(30)20(28)19(27)21(29)23(24)31/h6-11H,5H2,1-4H3/b18-11+. The van der Waals surface area contributed by atoms with E-state index in [1.165, 1.54) is 13.0 Å². The Morgan fingerprint density at radius 3 is 2.08 bits per heavy atom. The van der Waals surface area contributed by atoms with Crippen molar-refractivity contribution in [2.75, 3.05) is 11.6 Å². The molecule has 192 valence electrons. The first kappa shape index (κ1) is 25.8. The Balaban J connectivity index is 1.71. The summed E-state index contributed by atoms with van der Waals surface area (Å²) in [5.74, 6) is -12.5. The predicted octanol–water partition coefficient (Wildman–Crippen LogP) is 5.77. The molecule has 0 bridgehead atoms. The van der Waals surface area contributed by atoms with Gasteiger partial charge in [-0.05, 0) is 69.7 Å². The highest BCUT2D eigenvalue weighted by Gasteiger charge is 2.37. The van der Waals surface area contributed by atoms with Gasteiger partial charge in [-0.3, -0.25) is 4.79 Å².